The predicted octanol–water partition coefficient (Wildman–Crippen LogP) is 5.27. The number of fused-ring (bicyclic) bond motifs is 1. The fourth-order valence-corrected chi connectivity index (χ4v) is 11.0. The van der Waals surface area contributed by atoms with E-state index in [1.54, 1.807) is 42.7 Å². The first-order valence-electron chi connectivity index (χ1n) is 25.8. The molecule has 4 aliphatic rings. The van der Waals surface area contributed by atoms with E-state index >= 15 is 0 Å². The van der Waals surface area contributed by atoms with Crippen LogP contribution in [0.2, 0.25) is 0 Å². The molecule has 74 heavy (non-hydrogen) atoms. The van der Waals surface area contributed by atoms with Gasteiger partial charge < -0.3 is 45.4 Å². The van der Waals surface area contributed by atoms with Crippen LogP contribution in [0.25, 0.3) is 10.9 Å². The highest BCUT2D eigenvalue weighted by atomic mass is 19.4. The third-order valence-electron chi connectivity index (χ3n) is 15.4. The van der Waals surface area contributed by atoms with E-state index in [1.807, 2.05) is 17.0 Å². The Morgan fingerprint density at radius 2 is 1.62 bits per heavy atom. The number of nitrogens with one attached hydrogen (secondary N) is 4. The SMILES string of the molecule is CC(C)N(C)[C@@H]1CC[C@H](N2CC[C@H](Nc3ncnc4ccc(C(F)(F)F)cc34)C2=O)[C@H](NC(=O)[C@H]2CC[C@H](c3ccc(C(=O)NCCOCCOCCNC(=O)[C@H]4CC(=O)N(C)[C@@H]4c4cccnc4)cn3)CC2)C1. The van der Waals surface area contributed by atoms with Crippen molar-refractivity contribution in [3.05, 3.63) is 89.8 Å². The van der Waals surface area contributed by atoms with Crippen molar-refractivity contribution in [3.8, 4) is 0 Å². The van der Waals surface area contributed by atoms with Crippen LogP contribution in [0.4, 0.5) is 19.0 Å². The third-order valence-corrected chi connectivity index (χ3v) is 15.4. The lowest BCUT2D eigenvalue weighted by atomic mass is 9.79. The Balaban J connectivity index is 0.747. The zero-order valence-corrected chi connectivity index (χ0v) is 42.5. The van der Waals surface area contributed by atoms with Crippen molar-refractivity contribution < 1.29 is 46.6 Å². The minimum Gasteiger partial charge on any atom is -0.377 e. The number of benzene rings is 1. The largest absolute Gasteiger partial charge is 0.416 e. The fraction of sp³-hybridized carbons (Fsp3) is 0.566. The van der Waals surface area contributed by atoms with E-state index in [0.29, 0.717) is 62.9 Å². The Morgan fingerprint density at radius 3 is 2.31 bits per heavy atom. The van der Waals surface area contributed by atoms with Crippen LogP contribution in [-0.2, 0) is 34.8 Å². The van der Waals surface area contributed by atoms with Crippen LogP contribution >= 0.6 is 0 Å². The molecular formula is C53H68F3N11O7. The standard InChI is InChI=1S/C53H68F3N11O7/c1-32(2)65(3)38-13-16-45(67-21-17-43(52(67)72)63-48-39-26-37(53(54,55)56)12-15-42(39)61-31-62-48)44(27-38)64-50(70)34-9-7-33(8-10-34)41-14-11-36(30-60-41)49(69)58-19-22-73-24-25-74-23-20-59-51(71)40-28-46(68)66(4)47(40)35-6-5-18-57-29-35/h5-6,11-12,14-15,18,26,29-34,38,40,43-45,47H,7-10,13,16-17,19-25,27-28H2,1-4H3,(H,58,69)(H,59,71)(H,64,70)(H,61,62,63)/t33-,34-,38-,40+,43+,44-,45+,47-/m1/s1. The molecule has 4 N–H and O–H groups in total. The van der Waals surface area contributed by atoms with Crippen molar-refractivity contribution in [2.75, 3.05) is 65.5 Å². The van der Waals surface area contributed by atoms with Gasteiger partial charge in [0.2, 0.25) is 23.6 Å². The average Bonchev–Trinajstić information content (AvgIpc) is 3.92. The van der Waals surface area contributed by atoms with Crippen LogP contribution in [0.1, 0.15) is 111 Å². The van der Waals surface area contributed by atoms with Gasteiger partial charge in [0, 0.05) is 86.7 Å². The molecule has 2 aliphatic carbocycles. The number of rotatable bonds is 20. The molecule has 3 aromatic heterocycles. The molecule has 5 heterocycles. The minimum absolute atomic E-state index is 0.0261. The number of hydrogen-bond donors (Lipinski definition) is 4. The molecule has 6 atom stereocenters. The van der Waals surface area contributed by atoms with Crippen molar-refractivity contribution in [2.24, 2.45) is 11.8 Å². The second kappa shape index (κ2) is 24.4. The summed E-state index contributed by atoms with van der Waals surface area (Å²) in [5.74, 6) is -1.18. The van der Waals surface area contributed by atoms with Gasteiger partial charge in [0.15, 0.2) is 0 Å². The average molecular weight is 1030 g/mol. The Kier molecular flexibility index (Phi) is 17.8. The summed E-state index contributed by atoms with van der Waals surface area (Å²) in [6, 6.07) is 9.47. The first kappa shape index (κ1) is 54.0. The molecular weight excluding hydrogens is 960 g/mol. The summed E-state index contributed by atoms with van der Waals surface area (Å²) in [5, 5.41) is 12.4. The van der Waals surface area contributed by atoms with Crippen LogP contribution in [0, 0.1) is 11.8 Å². The van der Waals surface area contributed by atoms with Crippen molar-refractivity contribution in [1.82, 2.24) is 50.6 Å². The number of ether oxygens (including phenoxy) is 2. The van der Waals surface area contributed by atoms with Crippen LogP contribution in [0.3, 0.4) is 0 Å². The molecule has 0 spiro atoms. The van der Waals surface area contributed by atoms with E-state index in [4.69, 9.17) is 9.47 Å². The van der Waals surface area contributed by atoms with Gasteiger partial charge in [-0.3, -0.25) is 33.9 Å². The van der Waals surface area contributed by atoms with Crippen molar-refractivity contribution in [1.29, 1.82) is 0 Å². The Morgan fingerprint density at radius 1 is 0.865 bits per heavy atom. The lowest BCUT2D eigenvalue weighted by Crippen LogP contribution is -2.59. The summed E-state index contributed by atoms with van der Waals surface area (Å²) < 4.78 is 52.1. The lowest BCUT2D eigenvalue weighted by molar-refractivity contribution is -0.137. The van der Waals surface area contributed by atoms with Crippen molar-refractivity contribution in [3.63, 3.8) is 0 Å². The number of aromatic nitrogens is 4. The monoisotopic (exact) mass is 1030 g/mol. The molecule has 0 bridgehead atoms. The second-order valence-corrected chi connectivity index (χ2v) is 20.2. The Hall–Kier alpha value is -6.32. The summed E-state index contributed by atoms with van der Waals surface area (Å²) in [6.45, 7) is 6.45. The van der Waals surface area contributed by atoms with E-state index in [2.05, 4.69) is 67.0 Å². The first-order valence-corrected chi connectivity index (χ1v) is 25.8. The number of alkyl halides is 3. The molecule has 2 saturated heterocycles. The van der Waals surface area contributed by atoms with E-state index < -0.39 is 23.7 Å². The maximum absolute atomic E-state index is 14.1. The second-order valence-electron chi connectivity index (χ2n) is 20.2. The van der Waals surface area contributed by atoms with Crippen LogP contribution in [0.15, 0.2) is 67.4 Å². The Labute approximate surface area is 429 Å². The summed E-state index contributed by atoms with van der Waals surface area (Å²) in [4.78, 5) is 89.3. The number of carbonyl (C=O) groups is 5. The van der Waals surface area contributed by atoms with Gasteiger partial charge in [-0.05, 0) is 114 Å². The van der Waals surface area contributed by atoms with Gasteiger partial charge in [-0.25, -0.2) is 9.97 Å². The van der Waals surface area contributed by atoms with Gasteiger partial charge >= 0.3 is 6.18 Å². The number of anilines is 1. The van der Waals surface area contributed by atoms with E-state index in [9.17, 15) is 37.1 Å². The van der Waals surface area contributed by atoms with Crippen LogP contribution in [0.5, 0.6) is 0 Å². The van der Waals surface area contributed by atoms with E-state index in [0.717, 1.165) is 42.7 Å². The molecule has 0 radical (unpaired) electrons. The number of nitrogens with zero attached hydrogens (tertiary/aromatic N) is 7. The lowest BCUT2D eigenvalue weighted by Gasteiger charge is -2.45. The minimum atomic E-state index is -4.55. The van der Waals surface area contributed by atoms with Crippen LogP contribution in [-0.4, -0.2) is 155 Å². The summed E-state index contributed by atoms with van der Waals surface area (Å²) in [7, 11) is 3.79. The molecule has 1 aromatic carbocycles. The summed E-state index contributed by atoms with van der Waals surface area (Å²) >= 11 is 0. The highest BCUT2D eigenvalue weighted by molar-refractivity contribution is 5.94. The smallest absolute Gasteiger partial charge is 0.377 e. The topological polar surface area (TPSA) is 213 Å². The highest BCUT2D eigenvalue weighted by Crippen LogP contribution is 2.39. The molecule has 0 unspecified atom stereocenters. The van der Waals surface area contributed by atoms with Gasteiger partial charge in [0.1, 0.15) is 18.2 Å². The molecule has 4 fully saturated rings. The quantitative estimate of drug-likeness (QED) is 0.0833. The van der Waals surface area contributed by atoms with Crippen molar-refractivity contribution in [2.45, 2.75) is 120 Å². The summed E-state index contributed by atoms with van der Waals surface area (Å²) in [5.41, 5.74) is 1.62. The predicted molar refractivity (Wildman–Crippen MR) is 268 cm³/mol. The number of pyridine rings is 2. The van der Waals surface area contributed by atoms with Crippen LogP contribution < -0.4 is 21.3 Å². The molecule has 2 saturated carbocycles. The van der Waals surface area contributed by atoms with Gasteiger partial charge in [-0.15, -0.1) is 0 Å². The number of halogens is 3. The first-order chi connectivity index (χ1) is 35.6. The van der Waals surface area contributed by atoms with Gasteiger partial charge in [-0.1, -0.05) is 6.07 Å². The molecule has 4 aromatic rings. The zero-order valence-electron chi connectivity index (χ0n) is 42.5. The van der Waals surface area contributed by atoms with Gasteiger partial charge in [0.05, 0.1) is 67.1 Å². The fourth-order valence-electron chi connectivity index (χ4n) is 11.0. The zero-order chi connectivity index (χ0) is 52.5. The number of carbonyl (C=O) groups excluding carboxylic acids is 5. The Bertz CT molecular complexity index is 2590. The molecule has 398 valence electrons. The summed E-state index contributed by atoms with van der Waals surface area (Å²) in [6.07, 6.45) is 7.26. The molecule has 5 amide bonds. The number of amides is 5. The molecule has 2 aliphatic heterocycles. The maximum atomic E-state index is 14.1. The van der Waals surface area contributed by atoms with Gasteiger partial charge in [0.25, 0.3) is 5.91 Å². The van der Waals surface area contributed by atoms with E-state index in [1.165, 1.54) is 12.4 Å². The normalized spacial score (nSPS) is 24.4. The number of hydrogen-bond acceptors (Lipinski definition) is 13. The van der Waals surface area contributed by atoms with Crippen molar-refractivity contribution >= 4 is 46.3 Å². The molecule has 21 heteroatoms. The third kappa shape index (κ3) is 12.9. The van der Waals surface area contributed by atoms with Gasteiger partial charge in [-0.2, -0.15) is 13.2 Å². The van der Waals surface area contributed by atoms with E-state index in [-0.39, 0.29) is 116 Å². The number of likely N-dealkylation sites (tertiary alicyclic amines) is 2. The highest BCUT2D eigenvalue weighted by Gasteiger charge is 2.45. The molecule has 8 rings (SSSR count). The molecule has 18 nitrogen and oxygen atoms in total. The maximum Gasteiger partial charge on any atom is 0.416 e.